The molecule has 0 aliphatic rings. The molecule has 0 atom stereocenters. The van der Waals surface area contributed by atoms with Crippen LogP contribution in [0.15, 0.2) is 59.8 Å². The van der Waals surface area contributed by atoms with Crippen molar-refractivity contribution in [2.45, 2.75) is 20.8 Å². The van der Waals surface area contributed by atoms with Gasteiger partial charge in [0.15, 0.2) is 0 Å². The second-order valence-corrected chi connectivity index (χ2v) is 6.38. The number of rotatable bonds is 5. The summed E-state index contributed by atoms with van der Waals surface area (Å²) in [6.07, 6.45) is 0. The van der Waals surface area contributed by atoms with E-state index in [9.17, 15) is 4.39 Å². The normalized spacial score (nSPS) is 11.7. The average molecular weight is 371 g/mol. The lowest BCUT2D eigenvalue weighted by Crippen LogP contribution is -2.02. The lowest BCUT2D eigenvalue weighted by molar-refractivity contribution is 0.159. The van der Waals surface area contributed by atoms with Gasteiger partial charge < -0.3 is 9.40 Å². The van der Waals surface area contributed by atoms with Crippen LogP contribution >= 0.6 is 11.6 Å². The predicted octanol–water partition coefficient (Wildman–Crippen LogP) is 6.01. The Morgan fingerprint density at radius 3 is 2.54 bits per heavy atom. The van der Waals surface area contributed by atoms with Gasteiger partial charge in [-0.2, -0.15) is 0 Å². The van der Waals surface area contributed by atoms with Crippen molar-refractivity contribution in [2.75, 3.05) is 6.61 Å². The summed E-state index contributed by atoms with van der Waals surface area (Å²) < 4.78 is 15.5. The smallest absolute Gasteiger partial charge is 0.123 e. The van der Waals surface area contributed by atoms with Crippen LogP contribution in [-0.2, 0) is 4.84 Å². The van der Waals surface area contributed by atoms with Crippen molar-refractivity contribution in [1.82, 2.24) is 4.57 Å². The van der Waals surface area contributed by atoms with E-state index in [-0.39, 0.29) is 5.82 Å². The van der Waals surface area contributed by atoms with Crippen molar-refractivity contribution in [3.63, 3.8) is 0 Å². The van der Waals surface area contributed by atoms with E-state index in [2.05, 4.69) is 9.72 Å². The molecule has 5 heteroatoms. The zero-order valence-corrected chi connectivity index (χ0v) is 15.7. The largest absolute Gasteiger partial charge is 0.396 e. The Morgan fingerprint density at radius 2 is 1.88 bits per heavy atom. The van der Waals surface area contributed by atoms with E-state index in [0.717, 1.165) is 33.9 Å². The Hall–Kier alpha value is -2.59. The first kappa shape index (κ1) is 18.2. The van der Waals surface area contributed by atoms with E-state index in [1.807, 2.05) is 51.1 Å². The summed E-state index contributed by atoms with van der Waals surface area (Å²) in [7, 11) is 0. The summed E-state index contributed by atoms with van der Waals surface area (Å²) in [5.74, 6) is -0.263. The van der Waals surface area contributed by atoms with Gasteiger partial charge in [0, 0.05) is 22.0 Å². The molecule has 2 aromatic carbocycles. The van der Waals surface area contributed by atoms with Gasteiger partial charge in [0.25, 0.3) is 0 Å². The number of aromatic nitrogens is 1. The van der Waals surface area contributed by atoms with Crippen LogP contribution in [0, 0.1) is 12.7 Å². The zero-order chi connectivity index (χ0) is 18.7. The summed E-state index contributed by atoms with van der Waals surface area (Å²) in [6.45, 7) is 6.34. The number of oxime groups is 1. The summed E-state index contributed by atoms with van der Waals surface area (Å²) in [5, 5.41) is 4.82. The number of hydrogen-bond donors (Lipinski definition) is 0. The van der Waals surface area contributed by atoms with E-state index < -0.39 is 0 Å². The third-order valence-electron chi connectivity index (χ3n) is 4.17. The third-order valence-corrected chi connectivity index (χ3v) is 4.41. The highest BCUT2D eigenvalue weighted by atomic mass is 35.5. The Morgan fingerprint density at radius 1 is 1.15 bits per heavy atom. The zero-order valence-electron chi connectivity index (χ0n) is 15.0. The molecule has 134 valence electrons. The summed E-state index contributed by atoms with van der Waals surface area (Å²) in [4.78, 5) is 5.21. The molecule has 0 N–H and O–H groups in total. The Balaban J connectivity index is 2.22. The number of hydrogen-bond acceptors (Lipinski definition) is 2. The van der Waals surface area contributed by atoms with Gasteiger partial charge >= 0.3 is 0 Å². The number of nitrogens with zero attached hydrogens (tertiary/aromatic N) is 2. The van der Waals surface area contributed by atoms with Crippen LogP contribution in [0.4, 0.5) is 4.39 Å². The fourth-order valence-corrected chi connectivity index (χ4v) is 3.15. The molecule has 26 heavy (non-hydrogen) atoms. The maximum Gasteiger partial charge on any atom is 0.123 e. The molecule has 0 bridgehead atoms. The van der Waals surface area contributed by atoms with Crippen LogP contribution in [0.3, 0.4) is 0 Å². The third kappa shape index (κ3) is 3.65. The molecule has 0 radical (unpaired) electrons. The van der Waals surface area contributed by atoms with Crippen molar-refractivity contribution in [2.24, 2.45) is 5.16 Å². The monoisotopic (exact) mass is 370 g/mol. The van der Waals surface area contributed by atoms with Gasteiger partial charge in [-0.15, -0.1) is 0 Å². The first-order chi connectivity index (χ1) is 12.5. The van der Waals surface area contributed by atoms with Crippen LogP contribution in [-0.4, -0.2) is 16.9 Å². The number of halogens is 2. The van der Waals surface area contributed by atoms with Gasteiger partial charge in [-0.05, 0) is 74.9 Å². The molecule has 0 fully saturated rings. The maximum atomic E-state index is 13.4. The Kier molecular flexibility index (Phi) is 5.43. The Labute approximate surface area is 157 Å². The first-order valence-corrected chi connectivity index (χ1v) is 8.80. The molecule has 1 aromatic heterocycles. The number of benzene rings is 2. The van der Waals surface area contributed by atoms with Crippen LogP contribution in [0.25, 0.3) is 16.9 Å². The van der Waals surface area contributed by atoms with E-state index >= 15 is 0 Å². The quantitative estimate of drug-likeness (QED) is 0.399. The average Bonchev–Trinajstić information content (AvgIpc) is 2.97. The minimum atomic E-state index is -0.263. The SMILES string of the molecule is CCO/N=C(/C)c1cc(-c2ccc(F)cc2)n(-c2cccc(Cl)c2)c1C. The predicted molar refractivity (Wildman–Crippen MR) is 105 cm³/mol. The van der Waals surface area contributed by atoms with Gasteiger partial charge in [-0.1, -0.05) is 22.8 Å². The maximum absolute atomic E-state index is 13.4. The molecule has 0 aliphatic carbocycles. The van der Waals surface area contributed by atoms with Crippen molar-refractivity contribution in [1.29, 1.82) is 0 Å². The molecule has 0 spiro atoms. The molecule has 3 rings (SSSR count). The van der Waals surface area contributed by atoms with Crippen molar-refractivity contribution in [3.05, 3.63) is 76.7 Å². The van der Waals surface area contributed by atoms with Crippen molar-refractivity contribution >= 4 is 17.3 Å². The molecule has 0 amide bonds. The molecule has 0 unspecified atom stereocenters. The topological polar surface area (TPSA) is 26.5 Å². The minimum Gasteiger partial charge on any atom is -0.396 e. The van der Waals surface area contributed by atoms with Gasteiger partial charge in [-0.25, -0.2) is 4.39 Å². The van der Waals surface area contributed by atoms with Gasteiger partial charge in [0.1, 0.15) is 12.4 Å². The molecular formula is C21H20ClFN2O. The molecule has 3 aromatic rings. The minimum absolute atomic E-state index is 0.263. The van der Waals surface area contributed by atoms with Crippen molar-refractivity contribution < 1.29 is 9.23 Å². The van der Waals surface area contributed by atoms with Crippen LogP contribution in [0.5, 0.6) is 0 Å². The van der Waals surface area contributed by atoms with E-state index in [4.69, 9.17) is 16.4 Å². The second kappa shape index (κ2) is 7.75. The highest BCUT2D eigenvalue weighted by molar-refractivity contribution is 6.30. The molecule has 0 saturated heterocycles. The van der Waals surface area contributed by atoms with E-state index in [1.165, 1.54) is 12.1 Å². The van der Waals surface area contributed by atoms with Crippen LogP contribution in [0.1, 0.15) is 25.1 Å². The fraction of sp³-hybridized carbons (Fsp3) is 0.190. The summed E-state index contributed by atoms with van der Waals surface area (Å²) >= 11 is 6.20. The highest BCUT2D eigenvalue weighted by Crippen LogP contribution is 2.31. The van der Waals surface area contributed by atoms with Crippen molar-refractivity contribution in [3.8, 4) is 16.9 Å². The Bertz CT molecular complexity index is 945. The summed E-state index contributed by atoms with van der Waals surface area (Å²) in [5.41, 5.74) is 5.54. The highest BCUT2D eigenvalue weighted by Gasteiger charge is 2.17. The molecule has 0 aliphatic heterocycles. The van der Waals surface area contributed by atoms with Gasteiger partial charge in [-0.3, -0.25) is 0 Å². The fourth-order valence-electron chi connectivity index (χ4n) is 2.96. The summed E-state index contributed by atoms with van der Waals surface area (Å²) in [6, 6.07) is 16.1. The molecule has 3 nitrogen and oxygen atoms in total. The van der Waals surface area contributed by atoms with E-state index in [1.54, 1.807) is 12.1 Å². The second-order valence-electron chi connectivity index (χ2n) is 5.95. The van der Waals surface area contributed by atoms with E-state index in [0.29, 0.717) is 11.6 Å². The van der Waals surface area contributed by atoms with Gasteiger partial charge in [0.05, 0.1) is 11.4 Å². The van der Waals surface area contributed by atoms with Crippen LogP contribution < -0.4 is 0 Å². The lowest BCUT2D eigenvalue weighted by Gasteiger charge is -2.13. The molecule has 1 heterocycles. The van der Waals surface area contributed by atoms with Crippen LogP contribution in [0.2, 0.25) is 5.02 Å². The first-order valence-electron chi connectivity index (χ1n) is 8.42. The molecule has 0 saturated carbocycles. The lowest BCUT2D eigenvalue weighted by atomic mass is 10.1. The van der Waals surface area contributed by atoms with Gasteiger partial charge in [0.2, 0.25) is 0 Å². The standard InChI is InChI=1S/C21H20ClFN2O/c1-4-26-24-14(2)20-13-21(16-8-10-18(23)11-9-16)25(15(20)3)19-7-5-6-17(22)12-19/h5-13H,4H2,1-3H3/b24-14-. The molecular weight excluding hydrogens is 351 g/mol.